The molecule has 0 radical (unpaired) electrons. The van der Waals surface area contributed by atoms with Gasteiger partial charge in [-0.25, -0.2) is 0 Å². The molecule has 41 heavy (non-hydrogen) atoms. The van der Waals surface area contributed by atoms with Crippen molar-refractivity contribution in [2.75, 3.05) is 13.2 Å². The molecule has 1 fully saturated rings. The lowest BCUT2D eigenvalue weighted by atomic mass is 9.91. The number of allylic oxidation sites excluding steroid dienone is 2. The zero-order valence-corrected chi connectivity index (χ0v) is 27.1. The van der Waals surface area contributed by atoms with Gasteiger partial charge in [-0.15, -0.1) is 0 Å². The van der Waals surface area contributed by atoms with Gasteiger partial charge in [0.15, 0.2) is 24.6 Å². The number of carbonyl (C=O) groups excluding carboxylic acids is 3. The van der Waals surface area contributed by atoms with E-state index in [1.54, 1.807) is 0 Å². The molecule has 0 bridgehead atoms. The van der Waals surface area contributed by atoms with Gasteiger partial charge in [-0.05, 0) is 50.4 Å². The van der Waals surface area contributed by atoms with Crippen LogP contribution in [0.15, 0.2) is 11.6 Å². The van der Waals surface area contributed by atoms with Crippen LogP contribution in [0.4, 0.5) is 0 Å². The minimum atomic E-state index is -1.04. The van der Waals surface area contributed by atoms with Gasteiger partial charge in [0.05, 0.1) is 13.2 Å². The molecular formula is C33H58O8. The summed E-state index contributed by atoms with van der Waals surface area (Å²) in [6.45, 7) is 15.7. The van der Waals surface area contributed by atoms with Crippen LogP contribution < -0.4 is 0 Å². The first-order valence-electron chi connectivity index (χ1n) is 15.8. The van der Waals surface area contributed by atoms with Gasteiger partial charge < -0.3 is 23.7 Å². The molecule has 0 aromatic carbocycles. The lowest BCUT2D eigenvalue weighted by Gasteiger charge is -2.40. The second-order valence-electron chi connectivity index (χ2n) is 12.4. The van der Waals surface area contributed by atoms with Crippen molar-refractivity contribution >= 4 is 17.9 Å². The van der Waals surface area contributed by atoms with Gasteiger partial charge in [-0.3, -0.25) is 14.4 Å². The molecular weight excluding hydrogens is 524 g/mol. The minimum absolute atomic E-state index is 0.0330. The van der Waals surface area contributed by atoms with Gasteiger partial charge in [0.25, 0.3) is 0 Å². The summed E-state index contributed by atoms with van der Waals surface area (Å²) >= 11 is 0. The van der Waals surface area contributed by atoms with Gasteiger partial charge in [-0.1, -0.05) is 84.3 Å². The molecule has 0 N–H and O–H groups in total. The molecule has 0 spiro atoms. The van der Waals surface area contributed by atoms with Crippen LogP contribution in [0.3, 0.4) is 0 Å². The Labute approximate surface area is 249 Å². The molecule has 1 rings (SSSR count). The van der Waals surface area contributed by atoms with Crippen LogP contribution in [0.2, 0.25) is 0 Å². The Balaban J connectivity index is 2.36. The highest BCUT2D eigenvalue weighted by Crippen LogP contribution is 2.26. The van der Waals surface area contributed by atoms with Crippen molar-refractivity contribution < 1.29 is 38.1 Å². The Hall–Kier alpha value is -1.93. The van der Waals surface area contributed by atoms with Crippen molar-refractivity contribution in [1.82, 2.24) is 0 Å². The Kier molecular flexibility index (Phi) is 18.9. The molecule has 1 saturated heterocycles. The van der Waals surface area contributed by atoms with Crippen LogP contribution in [0.5, 0.6) is 0 Å². The highest BCUT2D eigenvalue weighted by Gasteiger charge is 2.47. The summed E-state index contributed by atoms with van der Waals surface area (Å²) in [6, 6.07) is 0. The number of esters is 3. The first-order chi connectivity index (χ1) is 19.4. The van der Waals surface area contributed by atoms with Crippen molar-refractivity contribution in [3.05, 3.63) is 11.6 Å². The molecule has 238 valence electrons. The van der Waals surface area contributed by atoms with Crippen LogP contribution in [0.1, 0.15) is 126 Å². The van der Waals surface area contributed by atoms with E-state index in [9.17, 15) is 14.4 Å². The topological polar surface area (TPSA) is 97.4 Å². The Morgan fingerprint density at radius 1 is 0.732 bits per heavy atom. The zero-order valence-electron chi connectivity index (χ0n) is 27.1. The van der Waals surface area contributed by atoms with Crippen LogP contribution >= 0.6 is 0 Å². The largest absolute Gasteiger partial charge is 0.456 e. The summed E-state index contributed by atoms with van der Waals surface area (Å²) in [5.74, 6) is 0.731. The summed E-state index contributed by atoms with van der Waals surface area (Å²) in [5.41, 5.74) is 1.39. The average Bonchev–Trinajstić information content (AvgIpc) is 2.85. The average molecular weight is 583 g/mol. The number of unbranched alkanes of at least 4 members (excludes halogenated alkanes) is 1. The molecule has 6 atom stereocenters. The summed E-state index contributed by atoms with van der Waals surface area (Å²) in [4.78, 5) is 34.9. The summed E-state index contributed by atoms with van der Waals surface area (Å²) < 4.78 is 27.5. The van der Waals surface area contributed by atoms with E-state index in [2.05, 4.69) is 40.7 Å². The van der Waals surface area contributed by atoms with Crippen LogP contribution in [0.25, 0.3) is 0 Å². The first-order valence-corrected chi connectivity index (χ1v) is 15.8. The molecule has 8 heteroatoms. The zero-order chi connectivity index (χ0) is 30.8. The SMILES string of the molecule is CC(=O)O[C@H]1[C@H](OC(C)=O)COC(OCCCC=C(C)CCCC(C)CCCC(C)CCCC(C)C)[C@@H]1OC(C)=O. The summed E-state index contributed by atoms with van der Waals surface area (Å²) in [7, 11) is 0. The van der Waals surface area contributed by atoms with E-state index >= 15 is 0 Å². The van der Waals surface area contributed by atoms with Gasteiger partial charge in [0.1, 0.15) is 0 Å². The van der Waals surface area contributed by atoms with Gasteiger partial charge in [0, 0.05) is 20.8 Å². The third kappa shape index (κ3) is 17.6. The predicted octanol–water partition coefficient (Wildman–Crippen LogP) is 7.32. The van der Waals surface area contributed by atoms with E-state index in [4.69, 9.17) is 23.7 Å². The lowest BCUT2D eigenvalue weighted by molar-refractivity contribution is -0.280. The van der Waals surface area contributed by atoms with E-state index in [1.807, 2.05) is 0 Å². The van der Waals surface area contributed by atoms with E-state index in [1.165, 1.54) is 77.7 Å². The van der Waals surface area contributed by atoms with E-state index < -0.39 is 42.5 Å². The summed E-state index contributed by atoms with van der Waals surface area (Å²) in [5, 5.41) is 0. The van der Waals surface area contributed by atoms with Crippen LogP contribution in [-0.2, 0) is 38.1 Å². The maximum atomic E-state index is 11.7. The quantitative estimate of drug-likeness (QED) is 0.0637. The molecule has 0 aromatic heterocycles. The third-order valence-electron chi connectivity index (χ3n) is 7.57. The van der Waals surface area contributed by atoms with Crippen LogP contribution in [0, 0.1) is 17.8 Å². The van der Waals surface area contributed by atoms with E-state index in [0.29, 0.717) is 6.61 Å². The second kappa shape index (κ2) is 20.9. The lowest BCUT2D eigenvalue weighted by Crippen LogP contribution is -2.58. The molecule has 3 unspecified atom stereocenters. The molecule has 1 aliphatic rings. The van der Waals surface area contributed by atoms with E-state index in [0.717, 1.165) is 37.0 Å². The predicted molar refractivity (Wildman–Crippen MR) is 160 cm³/mol. The summed E-state index contributed by atoms with van der Waals surface area (Å²) in [6.07, 6.45) is 11.7. The van der Waals surface area contributed by atoms with Crippen molar-refractivity contribution in [2.24, 2.45) is 17.8 Å². The third-order valence-corrected chi connectivity index (χ3v) is 7.57. The van der Waals surface area contributed by atoms with Gasteiger partial charge in [-0.2, -0.15) is 0 Å². The molecule has 0 aromatic rings. The molecule has 0 aliphatic carbocycles. The fourth-order valence-electron chi connectivity index (χ4n) is 5.29. The number of hydrogen-bond donors (Lipinski definition) is 0. The molecule has 8 nitrogen and oxygen atoms in total. The Morgan fingerprint density at radius 2 is 1.27 bits per heavy atom. The monoisotopic (exact) mass is 582 g/mol. The van der Waals surface area contributed by atoms with E-state index in [-0.39, 0.29) is 6.61 Å². The number of carbonyl (C=O) groups is 3. The van der Waals surface area contributed by atoms with Crippen molar-refractivity contribution in [2.45, 2.75) is 151 Å². The standard InChI is InChI=1S/C33H58O8/c1-23(2)14-11-16-25(4)18-13-20-26(5)19-12-17-24(3)15-9-10-21-37-33-32(41-29(8)36)31(40-28(7)35)30(22-38-33)39-27(6)34/h15,23,25-26,30-33H,9-14,16-22H2,1-8H3/t25?,26?,30-,31+,32-,33?/m1/s1. The Morgan fingerprint density at radius 3 is 1.83 bits per heavy atom. The smallest absolute Gasteiger partial charge is 0.303 e. The van der Waals surface area contributed by atoms with Gasteiger partial charge in [0.2, 0.25) is 0 Å². The fourth-order valence-corrected chi connectivity index (χ4v) is 5.29. The number of hydrogen-bond acceptors (Lipinski definition) is 8. The minimum Gasteiger partial charge on any atom is -0.456 e. The number of rotatable bonds is 20. The molecule has 1 aliphatic heterocycles. The molecule has 1 heterocycles. The number of ether oxygens (including phenoxy) is 5. The van der Waals surface area contributed by atoms with Crippen molar-refractivity contribution in [1.29, 1.82) is 0 Å². The first kappa shape index (κ1) is 37.1. The van der Waals surface area contributed by atoms with Crippen LogP contribution in [-0.4, -0.2) is 55.7 Å². The highest BCUT2D eigenvalue weighted by atomic mass is 16.7. The molecule has 0 amide bonds. The highest BCUT2D eigenvalue weighted by molar-refractivity contribution is 5.68. The maximum absolute atomic E-state index is 11.7. The normalized spacial score (nSPS) is 22.7. The van der Waals surface area contributed by atoms with Crippen molar-refractivity contribution in [3.63, 3.8) is 0 Å². The second-order valence-corrected chi connectivity index (χ2v) is 12.4. The van der Waals surface area contributed by atoms with Gasteiger partial charge >= 0.3 is 17.9 Å². The molecule has 0 saturated carbocycles. The fraction of sp³-hybridized carbons (Fsp3) is 0.848. The Bertz CT molecular complexity index is 792. The maximum Gasteiger partial charge on any atom is 0.303 e. The van der Waals surface area contributed by atoms with Crippen molar-refractivity contribution in [3.8, 4) is 0 Å².